The number of hydrogen-bond donors (Lipinski definition) is 1. The number of halogens is 2. The SMILES string of the molecule is O=C(O[C@H](CNC(=O)[C@@H]1C[C@H]1c1ccco1)COc1cccc(Cl)c1Cl)[C@@H]1C[C@@H]1c1ccco1. The van der Waals surface area contributed by atoms with E-state index in [9.17, 15) is 9.59 Å². The number of hydrogen-bond acceptors (Lipinski definition) is 6. The van der Waals surface area contributed by atoms with Crippen molar-refractivity contribution in [2.75, 3.05) is 13.2 Å². The Hall–Kier alpha value is -2.90. The maximum atomic E-state index is 12.8. The van der Waals surface area contributed by atoms with Crippen LogP contribution in [0.5, 0.6) is 5.75 Å². The van der Waals surface area contributed by atoms with Crippen molar-refractivity contribution in [3.05, 3.63) is 76.6 Å². The molecular weight excluding hydrogens is 481 g/mol. The summed E-state index contributed by atoms with van der Waals surface area (Å²) in [6, 6.07) is 12.4. The zero-order valence-electron chi connectivity index (χ0n) is 18.1. The van der Waals surface area contributed by atoms with E-state index < -0.39 is 6.10 Å². The van der Waals surface area contributed by atoms with E-state index >= 15 is 0 Å². The van der Waals surface area contributed by atoms with Crippen LogP contribution in [-0.2, 0) is 14.3 Å². The number of carbonyl (C=O) groups excluding carboxylic acids is 2. The van der Waals surface area contributed by atoms with Crippen LogP contribution in [0, 0.1) is 11.8 Å². The molecule has 2 saturated carbocycles. The van der Waals surface area contributed by atoms with E-state index in [0.717, 1.165) is 17.9 Å². The molecule has 2 aromatic heterocycles. The number of rotatable bonds is 10. The first-order valence-electron chi connectivity index (χ1n) is 11.1. The van der Waals surface area contributed by atoms with Crippen LogP contribution in [-0.4, -0.2) is 31.1 Å². The highest BCUT2D eigenvalue weighted by Crippen LogP contribution is 2.49. The number of furan rings is 2. The Kier molecular flexibility index (Phi) is 6.57. The lowest BCUT2D eigenvalue weighted by Gasteiger charge is -2.20. The van der Waals surface area contributed by atoms with Gasteiger partial charge in [0.15, 0.2) is 6.10 Å². The van der Waals surface area contributed by atoms with E-state index in [1.165, 1.54) is 0 Å². The largest absolute Gasteiger partial charge is 0.488 e. The monoisotopic (exact) mass is 503 g/mol. The minimum absolute atomic E-state index is 0.0104. The Morgan fingerprint density at radius 2 is 1.65 bits per heavy atom. The van der Waals surface area contributed by atoms with Gasteiger partial charge < -0.3 is 23.6 Å². The van der Waals surface area contributed by atoms with Crippen molar-refractivity contribution < 1.29 is 27.9 Å². The molecule has 2 heterocycles. The molecule has 1 N–H and O–H groups in total. The fraction of sp³-hybridized carbons (Fsp3) is 0.360. The number of ether oxygens (including phenoxy) is 2. The van der Waals surface area contributed by atoms with E-state index in [-0.39, 0.29) is 53.7 Å². The summed E-state index contributed by atoms with van der Waals surface area (Å²) in [5.74, 6) is 1.17. The molecule has 7 nitrogen and oxygen atoms in total. The van der Waals surface area contributed by atoms with Crippen LogP contribution in [0.25, 0.3) is 0 Å². The Bertz CT molecular complexity index is 1150. The second-order valence-electron chi connectivity index (χ2n) is 8.60. The number of carbonyl (C=O) groups is 2. The molecule has 2 aliphatic rings. The average Bonchev–Trinajstić information content (AvgIpc) is 3.68. The van der Waals surface area contributed by atoms with Crippen LogP contribution in [0.2, 0.25) is 10.0 Å². The molecule has 0 saturated heterocycles. The molecule has 2 fully saturated rings. The first-order valence-corrected chi connectivity index (χ1v) is 11.9. The first kappa shape index (κ1) is 22.9. The highest BCUT2D eigenvalue weighted by Gasteiger charge is 2.48. The molecule has 34 heavy (non-hydrogen) atoms. The molecule has 0 bridgehead atoms. The molecule has 3 aromatic rings. The van der Waals surface area contributed by atoms with E-state index in [0.29, 0.717) is 17.2 Å². The van der Waals surface area contributed by atoms with Crippen molar-refractivity contribution in [2.45, 2.75) is 30.8 Å². The van der Waals surface area contributed by atoms with Gasteiger partial charge in [-0.05, 0) is 49.2 Å². The van der Waals surface area contributed by atoms with Crippen molar-refractivity contribution in [1.29, 1.82) is 0 Å². The summed E-state index contributed by atoms with van der Waals surface area (Å²) in [7, 11) is 0. The van der Waals surface area contributed by atoms with Crippen LogP contribution in [0.15, 0.2) is 63.8 Å². The van der Waals surface area contributed by atoms with Crippen LogP contribution < -0.4 is 10.1 Å². The fourth-order valence-corrected chi connectivity index (χ4v) is 4.43. The molecule has 0 spiro atoms. The molecule has 0 unspecified atom stereocenters. The average molecular weight is 504 g/mol. The predicted octanol–water partition coefficient (Wildman–Crippen LogP) is 5.19. The third-order valence-electron chi connectivity index (χ3n) is 6.17. The highest BCUT2D eigenvalue weighted by molar-refractivity contribution is 6.42. The summed E-state index contributed by atoms with van der Waals surface area (Å²) in [5.41, 5.74) is 0. The van der Waals surface area contributed by atoms with Crippen molar-refractivity contribution >= 4 is 35.1 Å². The topological polar surface area (TPSA) is 90.9 Å². The van der Waals surface area contributed by atoms with E-state index in [4.69, 9.17) is 41.5 Å². The van der Waals surface area contributed by atoms with Gasteiger partial charge in [0.25, 0.3) is 0 Å². The zero-order valence-corrected chi connectivity index (χ0v) is 19.6. The van der Waals surface area contributed by atoms with Gasteiger partial charge in [-0.25, -0.2) is 0 Å². The summed E-state index contributed by atoms with van der Waals surface area (Å²) >= 11 is 12.3. The van der Waals surface area contributed by atoms with Gasteiger partial charge in [0.2, 0.25) is 5.91 Å². The fourth-order valence-electron chi connectivity index (χ4n) is 4.08. The van der Waals surface area contributed by atoms with Crippen LogP contribution in [0.3, 0.4) is 0 Å². The lowest BCUT2D eigenvalue weighted by atomic mass is 10.2. The van der Waals surface area contributed by atoms with Gasteiger partial charge in [0.1, 0.15) is 28.9 Å². The van der Waals surface area contributed by atoms with E-state index in [2.05, 4.69) is 5.32 Å². The van der Waals surface area contributed by atoms with Gasteiger partial charge >= 0.3 is 5.97 Å². The maximum Gasteiger partial charge on any atom is 0.310 e. The standard InChI is InChI=1S/C25H23Cl2NO6/c26-19-4-1-5-22(23(19)27)33-13-14(34-25(30)18-11-16(18)21-7-3-9-32-21)12-28-24(29)17-10-15(17)20-6-2-8-31-20/h1-9,14-18H,10-13H2,(H,28,29)/t14-,15-,16+,17-,18-/m1/s1. The number of amides is 1. The molecule has 5 atom stereocenters. The first-order chi connectivity index (χ1) is 16.5. The molecule has 0 radical (unpaired) electrons. The summed E-state index contributed by atoms with van der Waals surface area (Å²) in [6.07, 6.45) is 3.88. The normalized spacial score (nSPS) is 23.7. The number of esters is 1. The highest BCUT2D eigenvalue weighted by atomic mass is 35.5. The van der Waals surface area contributed by atoms with Gasteiger partial charge in [0.05, 0.1) is 30.0 Å². The van der Waals surface area contributed by atoms with E-state index in [1.54, 1.807) is 36.8 Å². The Morgan fingerprint density at radius 3 is 2.32 bits per heavy atom. The van der Waals surface area contributed by atoms with Crippen LogP contribution >= 0.6 is 23.2 Å². The zero-order chi connectivity index (χ0) is 23.7. The van der Waals surface area contributed by atoms with Gasteiger partial charge in [0, 0.05) is 17.8 Å². The van der Waals surface area contributed by atoms with Crippen LogP contribution in [0.4, 0.5) is 0 Å². The van der Waals surface area contributed by atoms with Crippen molar-refractivity contribution in [1.82, 2.24) is 5.32 Å². The Balaban J connectivity index is 1.19. The smallest absolute Gasteiger partial charge is 0.310 e. The second-order valence-corrected chi connectivity index (χ2v) is 9.38. The summed E-state index contributed by atoms with van der Waals surface area (Å²) < 4.78 is 22.3. The van der Waals surface area contributed by atoms with Gasteiger partial charge in [-0.2, -0.15) is 0 Å². The van der Waals surface area contributed by atoms with Crippen LogP contribution in [0.1, 0.15) is 36.2 Å². The quantitative estimate of drug-likeness (QED) is 0.382. The molecule has 1 aromatic carbocycles. The molecule has 5 rings (SSSR count). The predicted molar refractivity (Wildman–Crippen MR) is 124 cm³/mol. The van der Waals surface area contributed by atoms with Gasteiger partial charge in [-0.15, -0.1) is 0 Å². The van der Waals surface area contributed by atoms with E-state index in [1.807, 2.05) is 18.2 Å². The number of nitrogens with one attached hydrogen (secondary N) is 1. The molecule has 2 aliphatic carbocycles. The molecule has 0 aliphatic heterocycles. The Morgan fingerprint density at radius 1 is 0.971 bits per heavy atom. The van der Waals surface area contributed by atoms with Crippen molar-refractivity contribution in [2.24, 2.45) is 11.8 Å². The maximum absolute atomic E-state index is 12.8. The van der Waals surface area contributed by atoms with Crippen molar-refractivity contribution in [3.63, 3.8) is 0 Å². The third kappa shape index (κ3) is 5.10. The minimum atomic E-state index is -0.704. The Labute approximate surface area is 206 Å². The molecule has 178 valence electrons. The summed E-state index contributed by atoms with van der Waals surface area (Å²) in [5, 5.41) is 3.52. The minimum Gasteiger partial charge on any atom is -0.488 e. The third-order valence-corrected chi connectivity index (χ3v) is 6.97. The summed E-state index contributed by atoms with van der Waals surface area (Å²) in [6.45, 7) is 0.124. The molecule has 9 heteroatoms. The van der Waals surface area contributed by atoms with Crippen molar-refractivity contribution in [3.8, 4) is 5.75 Å². The van der Waals surface area contributed by atoms with Gasteiger partial charge in [-0.1, -0.05) is 29.3 Å². The van der Waals surface area contributed by atoms with Gasteiger partial charge in [-0.3, -0.25) is 9.59 Å². The lowest BCUT2D eigenvalue weighted by molar-refractivity contribution is -0.152. The molecule has 1 amide bonds. The lowest BCUT2D eigenvalue weighted by Crippen LogP contribution is -2.39. The molecular formula is C25H23Cl2NO6. The summed E-state index contributed by atoms with van der Waals surface area (Å²) in [4.78, 5) is 25.4. The number of benzene rings is 1. The second kappa shape index (κ2) is 9.76.